The summed E-state index contributed by atoms with van der Waals surface area (Å²) in [5.41, 5.74) is 1.83. The first-order chi connectivity index (χ1) is 18.4. The highest BCUT2D eigenvalue weighted by molar-refractivity contribution is 6.31. The summed E-state index contributed by atoms with van der Waals surface area (Å²) in [6.45, 7) is 6.11. The largest absolute Gasteiger partial charge is 0.491 e. The third-order valence-corrected chi connectivity index (χ3v) is 8.59. The van der Waals surface area contributed by atoms with E-state index in [1.165, 1.54) is 5.56 Å². The number of nitrogens with zero attached hydrogens (tertiary/aromatic N) is 1. The lowest BCUT2D eigenvalue weighted by Crippen LogP contribution is -2.53. The van der Waals surface area contributed by atoms with E-state index in [0.29, 0.717) is 56.3 Å². The Labute approximate surface area is 233 Å². The number of piperidine rings is 1. The smallest absolute Gasteiger partial charge is 0.226 e. The van der Waals surface area contributed by atoms with Gasteiger partial charge in [0.2, 0.25) is 11.8 Å². The summed E-state index contributed by atoms with van der Waals surface area (Å²) in [4.78, 5) is 28.8. The predicted molar refractivity (Wildman–Crippen MR) is 154 cm³/mol. The number of amides is 2. The van der Waals surface area contributed by atoms with E-state index in [1.807, 2.05) is 41.3 Å². The summed E-state index contributed by atoms with van der Waals surface area (Å²) in [6, 6.07) is 16.0. The van der Waals surface area contributed by atoms with Crippen molar-refractivity contribution in [2.45, 2.75) is 84.1 Å². The number of nitrogens with one attached hydrogen (secondary N) is 1. The molecular formula is C32H43ClN2O3. The molecule has 38 heavy (non-hydrogen) atoms. The van der Waals surface area contributed by atoms with Crippen molar-refractivity contribution in [3.8, 4) is 5.75 Å². The second-order valence-electron chi connectivity index (χ2n) is 11.5. The average Bonchev–Trinajstić information content (AvgIpc) is 2.92. The molecule has 0 bridgehead atoms. The molecule has 1 fully saturated rings. The normalized spacial score (nSPS) is 20.5. The van der Waals surface area contributed by atoms with Crippen LogP contribution in [-0.2, 0) is 22.4 Å². The lowest BCUT2D eigenvalue weighted by Gasteiger charge is -2.41. The minimum absolute atomic E-state index is 0.0385. The molecule has 0 radical (unpaired) electrons. The molecule has 0 saturated carbocycles. The summed E-state index contributed by atoms with van der Waals surface area (Å²) in [6.07, 6.45) is 8.43. The highest BCUT2D eigenvalue weighted by atomic mass is 35.5. The minimum atomic E-state index is -0.421. The van der Waals surface area contributed by atoms with Crippen LogP contribution in [0.4, 0.5) is 0 Å². The number of aryl methyl sites for hydroxylation is 2. The van der Waals surface area contributed by atoms with Crippen molar-refractivity contribution >= 4 is 23.4 Å². The molecule has 0 unspecified atom stereocenters. The van der Waals surface area contributed by atoms with Crippen LogP contribution < -0.4 is 10.1 Å². The fourth-order valence-corrected chi connectivity index (χ4v) is 6.18. The number of ether oxygens (including phenoxy) is 1. The lowest BCUT2D eigenvalue weighted by molar-refractivity contribution is -0.141. The third-order valence-electron chi connectivity index (χ3n) is 8.23. The number of hydrogen-bond acceptors (Lipinski definition) is 3. The van der Waals surface area contributed by atoms with Gasteiger partial charge < -0.3 is 15.0 Å². The van der Waals surface area contributed by atoms with E-state index < -0.39 is 5.41 Å². The van der Waals surface area contributed by atoms with Gasteiger partial charge in [0.25, 0.3) is 0 Å². The van der Waals surface area contributed by atoms with E-state index in [2.05, 4.69) is 31.3 Å². The number of benzene rings is 2. The van der Waals surface area contributed by atoms with Crippen LogP contribution in [0.5, 0.6) is 5.75 Å². The molecule has 5 nitrogen and oxygen atoms in total. The average molecular weight is 539 g/mol. The second-order valence-corrected chi connectivity index (χ2v) is 11.9. The predicted octanol–water partition coefficient (Wildman–Crippen LogP) is 6.61. The zero-order valence-electron chi connectivity index (χ0n) is 23.0. The Balaban J connectivity index is 1.42. The van der Waals surface area contributed by atoms with Crippen molar-refractivity contribution in [2.75, 3.05) is 19.7 Å². The van der Waals surface area contributed by atoms with E-state index in [1.54, 1.807) is 0 Å². The Morgan fingerprint density at radius 2 is 1.79 bits per heavy atom. The van der Waals surface area contributed by atoms with Gasteiger partial charge >= 0.3 is 0 Å². The number of carbonyl (C=O) groups is 2. The van der Waals surface area contributed by atoms with Crippen LogP contribution in [0.25, 0.3) is 0 Å². The van der Waals surface area contributed by atoms with Crippen molar-refractivity contribution < 1.29 is 14.3 Å². The molecule has 1 atom stereocenters. The van der Waals surface area contributed by atoms with Crippen LogP contribution in [-0.4, -0.2) is 42.5 Å². The number of para-hydroxylation sites is 1. The van der Waals surface area contributed by atoms with Crippen LogP contribution in [0.2, 0.25) is 5.02 Å². The maximum Gasteiger partial charge on any atom is 0.226 e. The van der Waals surface area contributed by atoms with E-state index in [9.17, 15) is 9.59 Å². The molecule has 1 saturated heterocycles. The SMILES string of the molecule is CC(C)C[C@H]1COc2ccccc2CCCCCC2(CCN(C(=O)CCc3ccccc3Cl)CC2)C(=O)N1. The quantitative estimate of drug-likeness (QED) is 0.466. The molecular weight excluding hydrogens is 496 g/mol. The Hall–Kier alpha value is -2.53. The van der Waals surface area contributed by atoms with E-state index in [-0.39, 0.29) is 17.9 Å². The maximum absolute atomic E-state index is 13.9. The van der Waals surface area contributed by atoms with Gasteiger partial charge in [-0.3, -0.25) is 9.59 Å². The Morgan fingerprint density at radius 1 is 1.05 bits per heavy atom. The molecule has 2 aliphatic heterocycles. The van der Waals surface area contributed by atoms with E-state index >= 15 is 0 Å². The van der Waals surface area contributed by atoms with Crippen LogP contribution in [0.1, 0.15) is 76.3 Å². The summed E-state index contributed by atoms with van der Waals surface area (Å²) in [5, 5.41) is 4.10. The summed E-state index contributed by atoms with van der Waals surface area (Å²) in [5.74, 6) is 1.67. The second kappa shape index (κ2) is 13.5. The standard InChI is InChI=1S/C32H43ClN2O3/c1-24(2)22-27-23-38-29-14-8-6-12-26(29)11-4-3-9-17-32(31(37)34-27)18-20-35(21-19-32)30(36)16-15-25-10-5-7-13-28(25)33/h5-8,10,12-14,24,27H,3-4,9,11,15-23H2,1-2H3,(H,34,37)/t27-/m0/s1. The van der Waals surface area contributed by atoms with Crippen LogP contribution in [0, 0.1) is 11.3 Å². The first-order valence-corrected chi connectivity index (χ1v) is 14.8. The van der Waals surface area contributed by atoms with Crippen molar-refractivity contribution in [1.82, 2.24) is 10.2 Å². The summed E-state index contributed by atoms with van der Waals surface area (Å²) in [7, 11) is 0. The van der Waals surface area contributed by atoms with E-state index in [0.717, 1.165) is 49.8 Å². The molecule has 4 rings (SSSR count). The first-order valence-electron chi connectivity index (χ1n) is 14.4. The third kappa shape index (κ3) is 7.53. The fourth-order valence-electron chi connectivity index (χ4n) is 5.95. The van der Waals surface area contributed by atoms with Crippen molar-refractivity contribution in [1.29, 1.82) is 0 Å². The lowest BCUT2D eigenvalue weighted by atomic mass is 9.73. The van der Waals surface area contributed by atoms with Gasteiger partial charge in [0.15, 0.2) is 0 Å². The van der Waals surface area contributed by atoms with Crippen molar-refractivity contribution in [3.63, 3.8) is 0 Å². The number of halogens is 1. The van der Waals surface area contributed by atoms with Crippen LogP contribution >= 0.6 is 11.6 Å². The van der Waals surface area contributed by atoms with Crippen molar-refractivity contribution in [3.05, 3.63) is 64.7 Å². The van der Waals surface area contributed by atoms with Gasteiger partial charge in [0.05, 0.1) is 11.5 Å². The number of rotatable bonds is 5. The topological polar surface area (TPSA) is 58.6 Å². The van der Waals surface area contributed by atoms with Gasteiger partial charge in [-0.25, -0.2) is 0 Å². The van der Waals surface area contributed by atoms with Crippen molar-refractivity contribution in [2.24, 2.45) is 11.3 Å². The number of carbonyl (C=O) groups excluding carboxylic acids is 2. The van der Waals surface area contributed by atoms with Gasteiger partial charge in [-0.2, -0.15) is 0 Å². The van der Waals surface area contributed by atoms with Gasteiger partial charge in [0.1, 0.15) is 12.4 Å². The van der Waals surface area contributed by atoms with Gasteiger partial charge in [-0.15, -0.1) is 0 Å². The molecule has 0 aliphatic carbocycles. The summed E-state index contributed by atoms with van der Waals surface area (Å²) >= 11 is 6.28. The van der Waals surface area contributed by atoms with Crippen LogP contribution in [0.15, 0.2) is 48.5 Å². The van der Waals surface area contributed by atoms with E-state index in [4.69, 9.17) is 16.3 Å². The number of fused-ring (bicyclic) bond motifs is 1. The van der Waals surface area contributed by atoms with Gasteiger partial charge in [-0.05, 0) is 74.1 Å². The Morgan fingerprint density at radius 3 is 2.55 bits per heavy atom. The molecule has 1 spiro atoms. The fraction of sp³-hybridized carbons (Fsp3) is 0.562. The zero-order chi connectivity index (χ0) is 27.0. The molecule has 2 amide bonds. The number of hydrogen-bond donors (Lipinski definition) is 1. The molecule has 2 heterocycles. The zero-order valence-corrected chi connectivity index (χ0v) is 23.8. The highest BCUT2D eigenvalue weighted by Gasteiger charge is 2.42. The number of likely N-dealkylation sites (tertiary alicyclic amines) is 1. The molecule has 6 heteroatoms. The minimum Gasteiger partial charge on any atom is -0.491 e. The van der Waals surface area contributed by atoms with Gasteiger partial charge in [0, 0.05) is 24.5 Å². The highest BCUT2D eigenvalue weighted by Crippen LogP contribution is 2.38. The Bertz CT molecular complexity index is 1080. The summed E-state index contributed by atoms with van der Waals surface area (Å²) < 4.78 is 6.28. The maximum atomic E-state index is 13.9. The molecule has 2 aromatic rings. The molecule has 2 aromatic carbocycles. The molecule has 0 aromatic heterocycles. The van der Waals surface area contributed by atoms with Crippen LogP contribution in [0.3, 0.4) is 0 Å². The monoisotopic (exact) mass is 538 g/mol. The molecule has 1 N–H and O–H groups in total. The first kappa shape index (κ1) is 28.5. The Kier molecular flexibility index (Phi) is 10.1. The molecule has 2 aliphatic rings. The van der Waals surface area contributed by atoms with Gasteiger partial charge in [-0.1, -0.05) is 74.7 Å². The molecule has 206 valence electrons.